The zero-order chi connectivity index (χ0) is 14.3. The number of rotatable bonds is 3. The fourth-order valence-corrected chi connectivity index (χ4v) is 3.30. The lowest BCUT2D eigenvalue weighted by Gasteiger charge is -2.32. The zero-order valence-electron chi connectivity index (χ0n) is 11.1. The van der Waals surface area contributed by atoms with Gasteiger partial charge in [0.2, 0.25) is 0 Å². The highest BCUT2D eigenvalue weighted by atomic mass is 19.2. The second kappa shape index (κ2) is 4.81. The average Bonchev–Trinajstić information content (AvgIpc) is 3.12. The molecule has 3 nitrogen and oxygen atoms in total. The van der Waals surface area contributed by atoms with Gasteiger partial charge in [0, 0.05) is 6.54 Å². The number of aliphatic carboxylic acids is 1. The highest BCUT2D eigenvalue weighted by Crippen LogP contribution is 2.59. The third-order valence-corrected chi connectivity index (χ3v) is 4.73. The number of hydrogen-bond acceptors (Lipinski definition) is 2. The molecule has 20 heavy (non-hydrogen) atoms. The molecule has 1 spiro atoms. The van der Waals surface area contributed by atoms with Crippen LogP contribution in [0.5, 0.6) is 0 Å². The predicted octanol–water partition coefficient (Wildman–Crippen LogP) is 2.65. The Kier molecular flexibility index (Phi) is 3.24. The summed E-state index contributed by atoms with van der Waals surface area (Å²) in [4.78, 5) is 13.2. The first-order valence-corrected chi connectivity index (χ1v) is 6.89. The van der Waals surface area contributed by atoms with Crippen LogP contribution in [0.4, 0.5) is 8.78 Å². The normalized spacial score (nSPS) is 24.8. The van der Waals surface area contributed by atoms with Crippen molar-refractivity contribution in [3.63, 3.8) is 0 Å². The molecule has 2 aliphatic rings. The SMILES string of the molecule is O=C(O)[C@H]1CC12CCN(Cc1ccc(F)c(F)c1)CC2. The maximum absolute atomic E-state index is 13.1. The Morgan fingerprint density at radius 3 is 2.55 bits per heavy atom. The minimum Gasteiger partial charge on any atom is -0.481 e. The molecule has 0 amide bonds. The van der Waals surface area contributed by atoms with Gasteiger partial charge in [0.15, 0.2) is 11.6 Å². The van der Waals surface area contributed by atoms with Crippen LogP contribution in [0, 0.1) is 23.0 Å². The van der Waals surface area contributed by atoms with E-state index in [2.05, 4.69) is 4.90 Å². The van der Waals surface area contributed by atoms with Crippen LogP contribution in [-0.2, 0) is 11.3 Å². The van der Waals surface area contributed by atoms with Crippen molar-refractivity contribution in [1.29, 1.82) is 0 Å². The molecule has 5 heteroatoms. The molecule has 1 atom stereocenters. The number of carboxylic acids is 1. The fourth-order valence-electron chi connectivity index (χ4n) is 3.30. The van der Waals surface area contributed by atoms with Crippen LogP contribution in [0.2, 0.25) is 0 Å². The van der Waals surface area contributed by atoms with Crippen molar-refractivity contribution in [2.75, 3.05) is 13.1 Å². The molecule has 108 valence electrons. The molecule has 1 aliphatic heterocycles. The van der Waals surface area contributed by atoms with Crippen molar-refractivity contribution in [3.8, 4) is 0 Å². The minimum absolute atomic E-state index is 0.0103. The molecule has 0 bridgehead atoms. The van der Waals surface area contributed by atoms with Gasteiger partial charge in [-0.1, -0.05) is 6.07 Å². The Labute approximate surface area is 116 Å². The molecule has 2 fully saturated rings. The molecule has 1 saturated carbocycles. The van der Waals surface area contributed by atoms with Crippen LogP contribution in [0.3, 0.4) is 0 Å². The van der Waals surface area contributed by atoms with Crippen molar-refractivity contribution in [2.24, 2.45) is 11.3 Å². The van der Waals surface area contributed by atoms with Crippen molar-refractivity contribution in [2.45, 2.75) is 25.8 Å². The van der Waals surface area contributed by atoms with Crippen molar-refractivity contribution >= 4 is 5.97 Å². The summed E-state index contributed by atoms with van der Waals surface area (Å²) in [6.07, 6.45) is 2.56. The topological polar surface area (TPSA) is 40.5 Å². The Morgan fingerprint density at radius 1 is 1.30 bits per heavy atom. The summed E-state index contributed by atoms with van der Waals surface area (Å²) in [5.41, 5.74) is 0.765. The van der Waals surface area contributed by atoms with E-state index >= 15 is 0 Å². The smallest absolute Gasteiger partial charge is 0.307 e. The second-order valence-corrected chi connectivity index (χ2v) is 5.98. The van der Waals surface area contributed by atoms with Gasteiger partial charge in [-0.25, -0.2) is 8.78 Å². The lowest BCUT2D eigenvalue weighted by Crippen LogP contribution is -2.35. The number of halogens is 2. The van der Waals surface area contributed by atoms with Crippen LogP contribution < -0.4 is 0 Å². The summed E-state index contributed by atoms with van der Waals surface area (Å²) in [5.74, 6) is -2.50. The number of carbonyl (C=O) groups is 1. The third kappa shape index (κ3) is 2.42. The summed E-state index contributed by atoms with van der Waals surface area (Å²) < 4.78 is 26.0. The van der Waals surface area contributed by atoms with E-state index in [1.54, 1.807) is 6.07 Å². The summed E-state index contributed by atoms with van der Waals surface area (Å²) in [6.45, 7) is 2.23. The van der Waals surface area contributed by atoms with Crippen LogP contribution >= 0.6 is 0 Å². The first kappa shape index (κ1) is 13.5. The zero-order valence-corrected chi connectivity index (χ0v) is 11.1. The first-order valence-electron chi connectivity index (χ1n) is 6.89. The third-order valence-electron chi connectivity index (χ3n) is 4.73. The molecule has 0 radical (unpaired) electrons. The fraction of sp³-hybridized carbons (Fsp3) is 0.533. The molecular formula is C15H17F2NO2. The van der Waals surface area contributed by atoms with E-state index in [0.29, 0.717) is 6.54 Å². The van der Waals surface area contributed by atoms with Gasteiger partial charge in [-0.2, -0.15) is 0 Å². The highest BCUT2D eigenvalue weighted by molar-refractivity contribution is 5.74. The van der Waals surface area contributed by atoms with E-state index in [1.165, 1.54) is 6.07 Å². The summed E-state index contributed by atoms with van der Waals surface area (Å²) in [7, 11) is 0. The quantitative estimate of drug-likeness (QED) is 0.926. The van der Waals surface area contributed by atoms with Gasteiger partial charge >= 0.3 is 5.97 Å². The Morgan fingerprint density at radius 2 is 2.00 bits per heavy atom. The van der Waals surface area contributed by atoms with Gasteiger partial charge in [0.05, 0.1) is 5.92 Å². The standard InChI is InChI=1S/C15H17F2NO2/c16-12-2-1-10(7-13(12)17)9-18-5-3-15(4-6-18)8-11(15)14(19)20/h1-2,7,11H,3-6,8-9H2,(H,19,20)/t11-/m1/s1. The molecule has 1 aromatic carbocycles. The highest BCUT2D eigenvalue weighted by Gasteiger charge is 2.58. The van der Waals surface area contributed by atoms with Crippen molar-refractivity contribution in [3.05, 3.63) is 35.4 Å². The molecule has 0 unspecified atom stereocenters. The summed E-state index contributed by atoms with van der Waals surface area (Å²) >= 11 is 0. The number of likely N-dealkylation sites (tertiary alicyclic amines) is 1. The van der Waals surface area contributed by atoms with E-state index in [0.717, 1.165) is 44.0 Å². The maximum atomic E-state index is 13.1. The van der Waals surface area contributed by atoms with E-state index in [4.69, 9.17) is 5.11 Å². The Hall–Kier alpha value is -1.49. The number of hydrogen-bond donors (Lipinski definition) is 1. The number of benzene rings is 1. The number of nitrogens with zero attached hydrogens (tertiary/aromatic N) is 1. The van der Waals surface area contributed by atoms with Crippen LogP contribution in [0.15, 0.2) is 18.2 Å². The van der Waals surface area contributed by atoms with Gasteiger partial charge in [-0.3, -0.25) is 9.69 Å². The number of carboxylic acid groups (broad SMARTS) is 1. The van der Waals surface area contributed by atoms with Gasteiger partial charge in [0.1, 0.15) is 0 Å². The van der Waals surface area contributed by atoms with E-state index in [9.17, 15) is 13.6 Å². The maximum Gasteiger partial charge on any atom is 0.307 e. The molecule has 0 aromatic heterocycles. The monoisotopic (exact) mass is 281 g/mol. The van der Waals surface area contributed by atoms with E-state index in [1.807, 2.05) is 0 Å². The van der Waals surface area contributed by atoms with Gasteiger partial charge in [0.25, 0.3) is 0 Å². The predicted molar refractivity (Wildman–Crippen MR) is 69.0 cm³/mol. The molecule has 1 N–H and O–H groups in total. The first-order chi connectivity index (χ1) is 9.50. The second-order valence-electron chi connectivity index (χ2n) is 5.98. The summed E-state index contributed by atoms with van der Waals surface area (Å²) in [6, 6.07) is 3.98. The van der Waals surface area contributed by atoms with Gasteiger partial charge < -0.3 is 5.11 Å². The van der Waals surface area contributed by atoms with Crippen molar-refractivity contribution < 1.29 is 18.7 Å². The molecule has 1 aliphatic carbocycles. The molecular weight excluding hydrogens is 264 g/mol. The largest absolute Gasteiger partial charge is 0.481 e. The van der Waals surface area contributed by atoms with E-state index < -0.39 is 17.6 Å². The molecule has 1 saturated heterocycles. The summed E-state index contributed by atoms with van der Waals surface area (Å²) in [5, 5.41) is 9.04. The number of piperidine rings is 1. The van der Waals surface area contributed by atoms with Crippen molar-refractivity contribution in [1.82, 2.24) is 4.90 Å². The van der Waals surface area contributed by atoms with Crippen LogP contribution in [0.1, 0.15) is 24.8 Å². The minimum atomic E-state index is -0.825. The Bertz CT molecular complexity index is 539. The average molecular weight is 281 g/mol. The van der Waals surface area contributed by atoms with E-state index in [-0.39, 0.29) is 11.3 Å². The lowest BCUT2D eigenvalue weighted by atomic mass is 9.90. The molecule has 1 aromatic rings. The van der Waals surface area contributed by atoms with Crippen LogP contribution in [0.25, 0.3) is 0 Å². The molecule has 3 rings (SSSR count). The molecule has 1 heterocycles. The van der Waals surface area contributed by atoms with Gasteiger partial charge in [-0.15, -0.1) is 0 Å². The Balaban J connectivity index is 1.57. The van der Waals surface area contributed by atoms with Gasteiger partial charge in [-0.05, 0) is 55.5 Å². The van der Waals surface area contributed by atoms with Crippen LogP contribution in [-0.4, -0.2) is 29.1 Å². The lowest BCUT2D eigenvalue weighted by molar-refractivity contribution is -0.139.